The highest BCUT2D eigenvalue weighted by Gasteiger charge is 2.16. The first-order valence-electron chi connectivity index (χ1n) is 4.46. The van der Waals surface area contributed by atoms with Crippen molar-refractivity contribution < 1.29 is 0 Å². The zero-order valence-electron chi connectivity index (χ0n) is 7.93. The molecule has 74 valence electrons. The summed E-state index contributed by atoms with van der Waals surface area (Å²) in [5.74, 6) is 0.286. The molecule has 0 aliphatic carbocycles. The molecule has 2 heterocycles. The van der Waals surface area contributed by atoms with Crippen molar-refractivity contribution in [3.8, 4) is 0 Å². The molecule has 0 aliphatic rings. The number of aromatic nitrogens is 1. The molecular weight excluding hydrogens is 212 g/mol. The highest BCUT2D eigenvalue weighted by molar-refractivity contribution is 7.11. The van der Waals surface area contributed by atoms with Crippen molar-refractivity contribution in [2.24, 2.45) is 5.73 Å². The van der Waals surface area contributed by atoms with Crippen LogP contribution in [0.15, 0.2) is 22.9 Å². The van der Waals surface area contributed by atoms with Crippen LogP contribution in [0.2, 0.25) is 0 Å². The van der Waals surface area contributed by atoms with E-state index in [1.807, 2.05) is 6.92 Å². The third-order valence-corrected chi connectivity index (χ3v) is 4.12. The topological polar surface area (TPSA) is 38.9 Å². The summed E-state index contributed by atoms with van der Waals surface area (Å²) in [6.07, 6.45) is 0. The smallest absolute Gasteiger partial charge is 0.102 e. The average molecular weight is 224 g/mol. The average Bonchev–Trinajstić information content (AvgIpc) is 2.79. The van der Waals surface area contributed by atoms with E-state index >= 15 is 0 Å². The van der Waals surface area contributed by atoms with Crippen LogP contribution in [0.5, 0.6) is 0 Å². The van der Waals surface area contributed by atoms with Crippen molar-refractivity contribution in [1.82, 2.24) is 4.98 Å². The Morgan fingerprint density at radius 1 is 1.50 bits per heavy atom. The van der Waals surface area contributed by atoms with Crippen LogP contribution in [0.3, 0.4) is 0 Å². The lowest BCUT2D eigenvalue weighted by Crippen LogP contribution is -2.12. The van der Waals surface area contributed by atoms with Gasteiger partial charge in [-0.3, -0.25) is 0 Å². The van der Waals surface area contributed by atoms with E-state index in [9.17, 15) is 0 Å². The minimum Gasteiger partial charge on any atom is -0.329 e. The molecule has 0 aromatic carbocycles. The zero-order valence-corrected chi connectivity index (χ0v) is 9.57. The molecule has 0 aliphatic heterocycles. The van der Waals surface area contributed by atoms with E-state index in [-0.39, 0.29) is 5.92 Å². The molecular formula is C10H12N2S2. The van der Waals surface area contributed by atoms with Gasteiger partial charge in [-0.1, -0.05) is 6.07 Å². The highest BCUT2D eigenvalue weighted by Crippen LogP contribution is 2.29. The maximum atomic E-state index is 5.78. The van der Waals surface area contributed by atoms with Crippen LogP contribution in [0.4, 0.5) is 0 Å². The number of thiazole rings is 1. The second-order valence-electron chi connectivity index (χ2n) is 3.13. The maximum absolute atomic E-state index is 5.78. The first kappa shape index (κ1) is 9.83. The number of hydrogen-bond donors (Lipinski definition) is 1. The van der Waals surface area contributed by atoms with Gasteiger partial charge in [0.25, 0.3) is 0 Å². The molecule has 0 fully saturated rings. The van der Waals surface area contributed by atoms with E-state index < -0.39 is 0 Å². The molecule has 0 spiro atoms. The fourth-order valence-corrected chi connectivity index (χ4v) is 3.21. The molecule has 4 heteroatoms. The molecule has 1 unspecified atom stereocenters. The lowest BCUT2D eigenvalue weighted by Gasteiger charge is -2.08. The summed E-state index contributed by atoms with van der Waals surface area (Å²) in [4.78, 5) is 5.79. The summed E-state index contributed by atoms with van der Waals surface area (Å²) in [5.41, 5.74) is 6.86. The number of rotatable bonds is 3. The SMILES string of the molecule is Cc1csc(C(CN)c2cccs2)n1. The van der Waals surface area contributed by atoms with Crippen molar-refractivity contribution >= 4 is 22.7 Å². The standard InChI is InChI=1S/C10H12N2S2/c1-7-6-14-10(12-7)8(5-11)9-3-2-4-13-9/h2-4,6,8H,5,11H2,1H3. The molecule has 0 radical (unpaired) electrons. The normalized spacial score (nSPS) is 13.0. The number of nitrogens with two attached hydrogens (primary N) is 1. The van der Waals surface area contributed by atoms with Gasteiger partial charge in [0.05, 0.1) is 5.92 Å². The summed E-state index contributed by atoms with van der Waals surface area (Å²) in [7, 11) is 0. The number of hydrogen-bond acceptors (Lipinski definition) is 4. The van der Waals surface area contributed by atoms with Crippen LogP contribution in [0, 0.1) is 6.92 Å². The molecule has 2 aromatic rings. The molecule has 2 nitrogen and oxygen atoms in total. The number of nitrogens with zero attached hydrogens (tertiary/aromatic N) is 1. The van der Waals surface area contributed by atoms with E-state index in [2.05, 4.69) is 27.9 Å². The van der Waals surface area contributed by atoms with Crippen LogP contribution in [-0.2, 0) is 0 Å². The van der Waals surface area contributed by atoms with Gasteiger partial charge < -0.3 is 5.73 Å². The molecule has 1 atom stereocenters. The Morgan fingerprint density at radius 3 is 2.86 bits per heavy atom. The van der Waals surface area contributed by atoms with Gasteiger partial charge >= 0.3 is 0 Å². The van der Waals surface area contributed by atoms with Gasteiger partial charge in [-0.2, -0.15) is 0 Å². The van der Waals surface area contributed by atoms with Crippen molar-refractivity contribution in [2.75, 3.05) is 6.54 Å². The summed E-state index contributed by atoms with van der Waals surface area (Å²) >= 11 is 3.44. The monoisotopic (exact) mass is 224 g/mol. The van der Waals surface area contributed by atoms with Crippen LogP contribution >= 0.6 is 22.7 Å². The van der Waals surface area contributed by atoms with Crippen LogP contribution in [-0.4, -0.2) is 11.5 Å². The summed E-state index contributed by atoms with van der Waals surface area (Å²) in [5, 5.41) is 5.29. The van der Waals surface area contributed by atoms with Gasteiger partial charge in [-0.25, -0.2) is 4.98 Å². The summed E-state index contributed by atoms with van der Waals surface area (Å²) in [6, 6.07) is 4.18. The van der Waals surface area contributed by atoms with E-state index in [1.54, 1.807) is 22.7 Å². The highest BCUT2D eigenvalue weighted by atomic mass is 32.1. The molecule has 0 amide bonds. The minimum absolute atomic E-state index is 0.286. The Balaban J connectivity index is 2.31. The van der Waals surface area contributed by atoms with Crippen molar-refractivity contribution in [2.45, 2.75) is 12.8 Å². The Hall–Kier alpha value is -0.710. The van der Waals surface area contributed by atoms with E-state index in [1.165, 1.54) is 4.88 Å². The second kappa shape index (κ2) is 4.21. The molecule has 0 saturated carbocycles. The zero-order chi connectivity index (χ0) is 9.97. The Bertz CT molecular complexity index is 392. The fourth-order valence-electron chi connectivity index (χ4n) is 1.36. The van der Waals surface area contributed by atoms with Crippen LogP contribution in [0.1, 0.15) is 21.5 Å². The molecule has 0 bridgehead atoms. The first-order chi connectivity index (χ1) is 6.81. The summed E-state index contributed by atoms with van der Waals surface area (Å²) < 4.78 is 0. The predicted molar refractivity (Wildman–Crippen MR) is 62.1 cm³/mol. The van der Waals surface area contributed by atoms with Gasteiger partial charge in [-0.15, -0.1) is 22.7 Å². The number of thiophene rings is 1. The van der Waals surface area contributed by atoms with Gasteiger partial charge in [0.1, 0.15) is 5.01 Å². The molecule has 2 rings (SSSR count). The maximum Gasteiger partial charge on any atom is 0.102 e. The number of aryl methyl sites for hydroxylation is 1. The molecule has 2 N–H and O–H groups in total. The largest absolute Gasteiger partial charge is 0.329 e. The molecule has 14 heavy (non-hydrogen) atoms. The molecule has 0 saturated heterocycles. The minimum atomic E-state index is 0.286. The van der Waals surface area contributed by atoms with Gasteiger partial charge in [0.15, 0.2) is 0 Å². The van der Waals surface area contributed by atoms with Crippen LogP contribution in [0.25, 0.3) is 0 Å². The van der Waals surface area contributed by atoms with Crippen LogP contribution < -0.4 is 5.73 Å². The third-order valence-electron chi connectivity index (χ3n) is 2.06. The quantitative estimate of drug-likeness (QED) is 0.870. The molecule has 2 aromatic heterocycles. The third kappa shape index (κ3) is 1.87. The van der Waals surface area contributed by atoms with E-state index in [4.69, 9.17) is 5.73 Å². The Morgan fingerprint density at radius 2 is 2.36 bits per heavy atom. The lowest BCUT2D eigenvalue weighted by atomic mass is 10.1. The summed E-state index contributed by atoms with van der Waals surface area (Å²) in [6.45, 7) is 2.65. The van der Waals surface area contributed by atoms with Crippen molar-refractivity contribution in [3.63, 3.8) is 0 Å². The van der Waals surface area contributed by atoms with Gasteiger partial charge in [0, 0.05) is 22.5 Å². The lowest BCUT2D eigenvalue weighted by molar-refractivity contribution is 0.821. The van der Waals surface area contributed by atoms with E-state index in [0.29, 0.717) is 6.54 Å². The van der Waals surface area contributed by atoms with Crippen molar-refractivity contribution in [1.29, 1.82) is 0 Å². The Labute approximate surface area is 91.4 Å². The van der Waals surface area contributed by atoms with Gasteiger partial charge in [0.2, 0.25) is 0 Å². The second-order valence-corrected chi connectivity index (χ2v) is 5.00. The fraction of sp³-hybridized carbons (Fsp3) is 0.300. The van der Waals surface area contributed by atoms with Crippen molar-refractivity contribution in [3.05, 3.63) is 38.5 Å². The first-order valence-corrected chi connectivity index (χ1v) is 6.22. The van der Waals surface area contributed by atoms with E-state index in [0.717, 1.165) is 10.7 Å². The van der Waals surface area contributed by atoms with Gasteiger partial charge in [-0.05, 0) is 18.4 Å². The Kier molecular flexibility index (Phi) is 2.96. The predicted octanol–water partition coefficient (Wildman–Crippen LogP) is 2.60.